The fourth-order valence-electron chi connectivity index (χ4n) is 3.27. The molecule has 24 heavy (non-hydrogen) atoms. The molecule has 0 spiro atoms. The highest BCUT2D eigenvalue weighted by molar-refractivity contribution is 7.88. The predicted molar refractivity (Wildman–Crippen MR) is 91.8 cm³/mol. The minimum absolute atomic E-state index is 0.206. The predicted octanol–water partition coefficient (Wildman–Crippen LogP) is 2.16. The van der Waals surface area contributed by atoms with E-state index in [4.69, 9.17) is 0 Å². The van der Waals surface area contributed by atoms with E-state index in [1.807, 2.05) is 23.7 Å². The molecule has 0 radical (unpaired) electrons. The maximum atomic E-state index is 12.0. The summed E-state index contributed by atoms with van der Waals surface area (Å²) in [6.07, 6.45) is 5.65. The van der Waals surface area contributed by atoms with Gasteiger partial charge in [-0.2, -0.15) is 9.40 Å². The molecule has 3 heterocycles. The highest BCUT2D eigenvalue weighted by Gasteiger charge is 2.34. The molecule has 1 fully saturated rings. The highest BCUT2D eigenvalue weighted by atomic mass is 32.2. The molecule has 1 unspecified atom stereocenters. The quantitative estimate of drug-likeness (QED) is 0.826. The van der Waals surface area contributed by atoms with Crippen molar-refractivity contribution in [1.29, 1.82) is 0 Å². The van der Waals surface area contributed by atoms with E-state index in [9.17, 15) is 8.42 Å². The lowest BCUT2D eigenvalue weighted by Crippen LogP contribution is -2.30. The third kappa shape index (κ3) is 3.34. The van der Waals surface area contributed by atoms with Gasteiger partial charge in [-0.1, -0.05) is 6.92 Å². The summed E-state index contributed by atoms with van der Waals surface area (Å²) in [4.78, 5) is 9.06. The van der Waals surface area contributed by atoms with Crippen LogP contribution in [0.3, 0.4) is 0 Å². The first-order chi connectivity index (χ1) is 11.4. The Labute approximate surface area is 142 Å². The Kier molecular flexibility index (Phi) is 4.69. The minimum atomic E-state index is -3.24. The monoisotopic (exact) mass is 349 g/mol. The number of aryl methyl sites for hydroxylation is 2. The Balaban J connectivity index is 2.02. The molecule has 1 aliphatic rings. The summed E-state index contributed by atoms with van der Waals surface area (Å²) >= 11 is 0. The smallest absolute Gasteiger partial charge is 0.211 e. The standard InChI is InChI=1S/C16H23N5O2S/c1-4-9-20-15(7-8-17-20)13-11-14(19-12(2)18-13)16-6-5-10-21(16)24(3,22)23/h7-8,11,16H,4-6,9-10H2,1-3H3. The second kappa shape index (κ2) is 6.60. The van der Waals surface area contributed by atoms with Crippen LogP contribution in [0.5, 0.6) is 0 Å². The molecule has 1 atom stereocenters. The average molecular weight is 349 g/mol. The molecule has 1 aliphatic heterocycles. The van der Waals surface area contributed by atoms with Crippen LogP contribution in [-0.2, 0) is 16.6 Å². The van der Waals surface area contributed by atoms with Crippen LogP contribution >= 0.6 is 0 Å². The summed E-state index contributed by atoms with van der Waals surface area (Å²) in [5, 5.41) is 4.34. The maximum Gasteiger partial charge on any atom is 0.211 e. The van der Waals surface area contributed by atoms with Gasteiger partial charge >= 0.3 is 0 Å². The van der Waals surface area contributed by atoms with Crippen molar-refractivity contribution in [3.63, 3.8) is 0 Å². The molecule has 2 aromatic heterocycles. The molecule has 2 aromatic rings. The summed E-state index contributed by atoms with van der Waals surface area (Å²) in [5.74, 6) is 0.645. The molecule has 0 amide bonds. The zero-order valence-corrected chi connectivity index (χ0v) is 15.1. The molecule has 130 valence electrons. The molecule has 0 N–H and O–H groups in total. The number of rotatable bonds is 5. The second-order valence-corrected chi connectivity index (χ2v) is 8.13. The summed E-state index contributed by atoms with van der Waals surface area (Å²) in [6.45, 7) is 5.31. The first kappa shape index (κ1) is 17.0. The summed E-state index contributed by atoms with van der Waals surface area (Å²) in [5.41, 5.74) is 2.50. The highest BCUT2D eigenvalue weighted by Crippen LogP contribution is 2.34. The van der Waals surface area contributed by atoms with Crippen molar-refractivity contribution >= 4 is 10.0 Å². The van der Waals surface area contributed by atoms with E-state index < -0.39 is 10.0 Å². The molecule has 0 aromatic carbocycles. The fraction of sp³-hybridized carbons (Fsp3) is 0.562. The number of sulfonamides is 1. The van der Waals surface area contributed by atoms with Gasteiger partial charge in [0.1, 0.15) is 5.82 Å². The third-order valence-corrected chi connectivity index (χ3v) is 5.53. The summed E-state index contributed by atoms with van der Waals surface area (Å²) in [6, 6.07) is 3.64. The first-order valence-corrected chi connectivity index (χ1v) is 10.1. The van der Waals surface area contributed by atoms with Gasteiger partial charge in [-0.05, 0) is 38.3 Å². The van der Waals surface area contributed by atoms with Gasteiger partial charge < -0.3 is 0 Å². The van der Waals surface area contributed by atoms with Crippen LogP contribution in [0.15, 0.2) is 18.3 Å². The van der Waals surface area contributed by atoms with E-state index in [1.165, 1.54) is 6.26 Å². The van der Waals surface area contributed by atoms with Crippen LogP contribution in [-0.4, -0.2) is 45.3 Å². The van der Waals surface area contributed by atoms with Gasteiger partial charge in [-0.15, -0.1) is 0 Å². The van der Waals surface area contributed by atoms with Crippen LogP contribution in [0.25, 0.3) is 11.4 Å². The van der Waals surface area contributed by atoms with Crippen LogP contribution in [0, 0.1) is 6.92 Å². The molecule has 3 rings (SSSR count). The topological polar surface area (TPSA) is 81.0 Å². The van der Waals surface area contributed by atoms with Gasteiger partial charge in [0.05, 0.1) is 29.4 Å². The number of hydrogen-bond donors (Lipinski definition) is 0. The van der Waals surface area contributed by atoms with Gasteiger partial charge in [0, 0.05) is 19.3 Å². The van der Waals surface area contributed by atoms with Gasteiger partial charge in [-0.3, -0.25) is 4.68 Å². The molecule has 7 nitrogen and oxygen atoms in total. The van der Waals surface area contributed by atoms with E-state index in [0.29, 0.717) is 12.4 Å². The number of nitrogens with zero attached hydrogens (tertiary/aromatic N) is 5. The lowest BCUT2D eigenvalue weighted by Gasteiger charge is -2.22. The Morgan fingerprint density at radius 1 is 1.33 bits per heavy atom. The maximum absolute atomic E-state index is 12.0. The molecular formula is C16H23N5O2S. The van der Waals surface area contributed by atoms with E-state index in [0.717, 1.165) is 42.9 Å². The van der Waals surface area contributed by atoms with Crippen molar-refractivity contribution in [2.75, 3.05) is 12.8 Å². The largest absolute Gasteiger partial charge is 0.263 e. The van der Waals surface area contributed by atoms with Crippen LogP contribution in [0.2, 0.25) is 0 Å². The summed E-state index contributed by atoms with van der Waals surface area (Å²) < 4.78 is 27.5. The van der Waals surface area contributed by atoms with Gasteiger partial charge in [0.2, 0.25) is 10.0 Å². The summed E-state index contributed by atoms with van der Waals surface area (Å²) in [7, 11) is -3.24. The molecular weight excluding hydrogens is 326 g/mol. The molecule has 0 saturated carbocycles. The second-order valence-electron chi connectivity index (χ2n) is 6.20. The zero-order chi connectivity index (χ0) is 17.3. The Hall–Kier alpha value is -1.80. The van der Waals surface area contributed by atoms with E-state index in [1.54, 1.807) is 10.5 Å². The van der Waals surface area contributed by atoms with Crippen molar-refractivity contribution in [1.82, 2.24) is 24.1 Å². The van der Waals surface area contributed by atoms with Crippen molar-refractivity contribution in [3.05, 3.63) is 29.8 Å². The minimum Gasteiger partial charge on any atom is -0.263 e. The van der Waals surface area contributed by atoms with Gasteiger partial charge in [0.25, 0.3) is 0 Å². The van der Waals surface area contributed by atoms with E-state index in [-0.39, 0.29) is 6.04 Å². The van der Waals surface area contributed by atoms with Crippen molar-refractivity contribution < 1.29 is 8.42 Å². The molecule has 1 saturated heterocycles. The molecule has 0 bridgehead atoms. The average Bonchev–Trinajstić information content (AvgIpc) is 3.15. The zero-order valence-electron chi connectivity index (χ0n) is 14.3. The van der Waals surface area contributed by atoms with Crippen molar-refractivity contribution in [2.24, 2.45) is 0 Å². The van der Waals surface area contributed by atoms with Crippen molar-refractivity contribution in [3.8, 4) is 11.4 Å². The fourth-order valence-corrected chi connectivity index (χ4v) is 4.40. The van der Waals surface area contributed by atoms with Gasteiger partial charge in [-0.25, -0.2) is 18.4 Å². The van der Waals surface area contributed by atoms with E-state index >= 15 is 0 Å². The first-order valence-electron chi connectivity index (χ1n) is 8.24. The number of aromatic nitrogens is 4. The lowest BCUT2D eigenvalue weighted by molar-refractivity contribution is 0.393. The van der Waals surface area contributed by atoms with Crippen LogP contribution in [0.4, 0.5) is 0 Å². The van der Waals surface area contributed by atoms with Gasteiger partial charge in [0.15, 0.2) is 0 Å². The van der Waals surface area contributed by atoms with Crippen molar-refractivity contribution in [2.45, 2.75) is 45.7 Å². The van der Waals surface area contributed by atoms with Crippen LogP contribution < -0.4 is 0 Å². The SMILES string of the molecule is CCCn1nccc1-c1cc(C2CCCN2S(C)(=O)=O)nc(C)n1. The third-order valence-electron chi connectivity index (χ3n) is 4.24. The Bertz CT molecular complexity index is 831. The Morgan fingerprint density at radius 3 is 2.83 bits per heavy atom. The molecule has 8 heteroatoms. The normalized spacial score (nSPS) is 19.0. The van der Waals surface area contributed by atoms with Crippen LogP contribution in [0.1, 0.15) is 43.7 Å². The Morgan fingerprint density at radius 2 is 2.12 bits per heavy atom. The molecule has 0 aliphatic carbocycles. The number of hydrogen-bond acceptors (Lipinski definition) is 5. The van der Waals surface area contributed by atoms with E-state index in [2.05, 4.69) is 22.0 Å². The lowest BCUT2D eigenvalue weighted by atomic mass is 10.1.